The lowest BCUT2D eigenvalue weighted by Gasteiger charge is -2.05. The highest BCUT2D eigenvalue weighted by Gasteiger charge is 2.09. The Bertz CT molecular complexity index is 729. The lowest BCUT2D eigenvalue weighted by atomic mass is 10.0. The van der Waals surface area contributed by atoms with E-state index in [1.807, 2.05) is 17.8 Å². The van der Waals surface area contributed by atoms with Crippen molar-refractivity contribution in [2.75, 3.05) is 0 Å². The quantitative estimate of drug-likeness (QED) is 0.718. The van der Waals surface area contributed by atoms with Gasteiger partial charge in [-0.15, -0.1) is 0 Å². The van der Waals surface area contributed by atoms with Gasteiger partial charge in [-0.2, -0.15) is 5.10 Å². The Morgan fingerprint density at radius 2 is 1.62 bits per heavy atom. The van der Waals surface area contributed by atoms with Crippen molar-refractivity contribution in [1.82, 2.24) is 14.8 Å². The molecule has 106 valence electrons. The molecule has 1 heterocycles. The van der Waals surface area contributed by atoms with Gasteiger partial charge < -0.3 is 0 Å². The topological polar surface area (TPSA) is 30.7 Å². The van der Waals surface area contributed by atoms with Crippen molar-refractivity contribution in [1.29, 1.82) is 0 Å². The molecule has 0 amide bonds. The standard InChI is InChI=1S/C18H19N3/c1-3-8-17-19-18(21(2)20-17)16-12-7-11-15(13-16)14-9-5-4-6-10-14/h4-7,9-13H,3,8H2,1-2H3. The zero-order valence-corrected chi connectivity index (χ0v) is 12.5. The average Bonchev–Trinajstić information content (AvgIpc) is 2.89. The van der Waals surface area contributed by atoms with Gasteiger partial charge in [-0.3, -0.25) is 0 Å². The number of hydrogen-bond donors (Lipinski definition) is 0. The highest BCUT2D eigenvalue weighted by molar-refractivity contribution is 5.70. The first-order valence-electron chi connectivity index (χ1n) is 7.33. The first kappa shape index (κ1) is 13.6. The Balaban J connectivity index is 2.00. The summed E-state index contributed by atoms with van der Waals surface area (Å²) in [6.45, 7) is 2.14. The summed E-state index contributed by atoms with van der Waals surface area (Å²) in [5.41, 5.74) is 3.53. The normalized spacial score (nSPS) is 10.8. The minimum Gasteiger partial charge on any atom is -0.249 e. The van der Waals surface area contributed by atoms with Crippen molar-refractivity contribution in [2.45, 2.75) is 19.8 Å². The molecule has 0 aliphatic carbocycles. The van der Waals surface area contributed by atoms with E-state index in [4.69, 9.17) is 0 Å². The van der Waals surface area contributed by atoms with Gasteiger partial charge >= 0.3 is 0 Å². The van der Waals surface area contributed by atoms with Crippen molar-refractivity contribution in [3.05, 3.63) is 60.4 Å². The number of hydrogen-bond acceptors (Lipinski definition) is 2. The van der Waals surface area contributed by atoms with Gasteiger partial charge in [0, 0.05) is 19.0 Å². The van der Waals surface area contributed by atoms with Gasteiger partial charge in [0.2, 0.25) is 0 Å². The molecule has 1 aromatic heterocycles. The summed E-state index contributed by atoms with van der Waals surface area (Å²) in [7, 11) is 1.96. The van der Waals surface area contributed by atoms with Crippen LogP contribution in [-0.2, 0) is 13.5 Å². The van der Waals surface area contributed by atoms with Crippen LogP contribution in [0.2, 0.25) is 0 Å². The van der Waals surface area contributed by atoms with E-state index in [0.29, 0.717) is 0 Å². The van der Waals surface area contributed by atoms with E-state index in [-0.39, 0.29) is 0 Å². The molecule has 0 spiro atoms. The summed E-state index contributed by atoms with van der Waals surface area (Å²) >= 11 is 0. The smallest absolute Gasteiger partial charge is 0.158 e. The molecule has 0 atom stereocenters. The lowest BCUT2D eigenvalue weighted by molar-refractivity contribution is 0.737. The Morgan fingerprint density at radius 3 is 2.38 bits per heavy atom. The number of aromatic nitrogens is 3. The number of benzene rings is 2. The molecule has 0 fully saturated rings. The van der Waals surface area contributed by atoms with Gasteiger partial charge in [-0.05, 0) is 23.6 Å². The van der Waals surface area contributed by atoms with Crippen LogP contribution in [0.4, 0.5) is 0 Å². The molecular formula is C18H19N3. The maximum absolute atomic E-state index is 4.66. The molecule has 0 saturated heterocycles. The SMILES string of the molecule is CCCc1nc(-c2cccc(-c3ccccc3)c2)n(C)n1. The van der Waals surface area contributed by atoms with E-state index in [0.717, 1.165) is 30.1 Å². The Morgan fingerprint density at radius 1 is 0.905 bits per heavy atom. The maximum Gasteiger partial charge on any atom is 0.158 e. The molecule has 0 aliphatic heterocycles. The van der Waals surface area contributed by atoms with E-state index in [1.165, 1.54) is 11.1 Å². The summed E-state index contributed by atoms with van der Waals surface area (Å²) < 4.78 is 1.87. The van der Waals surface area contributed by atoms with Crippen LogP contribution in [0, 0.1) is 0 Å². The maximum atomic E-state index is 4.66. The van der Waals surface area contributed by atoms with E-state index < -0.39 is 0 Å². The molecule has 3 nitrogen and oxygen atoms in total. The van der Waals surface area contributed by atoms with E-state index in [1.54, 1.807) is 0 Å². The highest BCUT2D eigenvalue weighted by Crippen LogP contribution is 2.25. The zero-order valence-electron chi connectivity index (χ0n) is 12.5. The second kappa shape index (κ2) is 5.92. The number of nitrogens with zero attached hydrogens (tertiary/aromatic N) is 3. The van der Waals surface area contributed by atoms with Crippen molar-refractivity contribution in [2.24, 2.45) is 7.05 Å². The molecule has 2 aromatic carbocycles. The first-order chi connectivity index (χ1) is 10.3. The third-order valence-corrected chi connectivity index (χ3v) is 3.51. The van der Waals surface area contributed by atoms with Crippen LogP contribution in [0.25, 0.3) is 22.5 Å². The molecule has 21 heavy (non-hydrogen) atoms. The Labute approximate surface area is 125 Å². The van der Waals surface area contributed by atoms with E-state index >= 15 is 0 Å². The average molecular weight is 277 g/mol. The zero-order chi connectivity index (χ0) is 14.7. The Hall–Kier alpha value is -2.42. The summed E-state index contributed by atoms with van der Waals surface area (Å²) in [5.74, 6) is 1.84. The van der Waals surface area contributed by atoms with Gasteiger partial charge in [0.05, 0.1) is 0 Å². The van der Waals surface area contributed by atoms with Gasteiger partial charge in [0.1, 0.15) is 0 Å². The summed E-state index contributed by atoms with van der Waals surface area (Å²) in [4.78, 5) is 4.66. The molecule has 3 aromatic rings. The minimum absolute atomic E-state index is 0.917. The predicted octanol–water partition coefficient (Wildman–Crippen LogP) is 4.10. The van der Waals surface area contributed by atoms with Crippen molar-refractivity contribution in [3.63, 3.8) is 0 Å². The molecule has 0 unspecified atom stereocenters. The summed E-state index contributed by atoms with van der Waals surface area (Å²) in [6, 6.07) is 18.9. The third kappa shape index (κ3) is 2.87. The molecule has 0 aliphatic rings. The summed E-state index contributed by atoms with van der Waals surface area (Å²) in [6.07, 6.45) is 1.99. The van der Waals surface area contributed by atoms with Gasteiger partial charge in [0.15, 0.2) is 11.6 Å². The van der Waals surface area contributed by atoms with Crippen LogP contribution in [0.5, 0.6) is 0 Å². The molecular weight excluding hydrogens is 258 g/mol. The lowest BCUT2D eigenvalue weighted by Crippen LogP contribution is -1.95. The van der Waals surface area contributed by atoms with Crippen LogP contribution in [0.15, 0.2) is 54.6 Å². The second-order valence-corrected chi connectivity index (χ2v) is 5.17. The number of aryl methyl sites for hydroxylation is 2. The molecule has 0 saturated carbocycles. The van der Waals surface area contributed by atoms with Crippen LogP contribution < -0.4 is 0 Å². The van der Waals surface area contributed by atoms with E-state index in [2.05, 4.69) is 65.5 Å². The predicted molar refractivity (Wildman–Crippen MR) is 85.9 cm³/mol. The monoisotopic (exact) mass is 277 g/mol. The van der Waals surface area contributed by atoms with Crippen LogP contribution in [0.3, 0.4) is 0 Å². The fourth-order valence-corrected chi connectivity index (χ4v) is 2.49. The van der Waals surface area contributed by atoms with Crippen molar-refractivity contribution < 1.29 is 0 Å². The molecule has 3 heteroatoms. The van der Waals surface area contributed by atoms with Crippen LogP contribution in [-0.4, -0.2) is 14.8 Å². The molecule has 3 rings (SSSR count). The minimum atomic E-state index is 0.917. The second-order valence-electron chi connectivity index (χ2n) is 5.17. The van der Waals surface area contributed by atoms with Crippen molar-refractivity contribution in [3.8, 4) is 22.5 Å². The number of rotatable bonds is 4. The van der Waals surface area contributed by atoms with Crippen molar-refractivity contribution >= 4 is 0 Å². The fourth-order valence-electron chi connectivity index (χ4n) is 2.49. The largest absolute Gasteiger partial charge is 0.249 e. The fraction of sp³-hybridized carbons (Fsp3) is 0.222. The van der Waals surface area contributed by atoms with Gasteiger partial charge in [-0.1, -0.05) is 55.5 Å². The molecule has 0 radical (unpaired) electrons. The summed E-state index contributed by atoms with van der Waals surface area (Å²) in [5, 5.41) is 4.48. The molecule has 0 N–H and O–H groups in total. The van der Waals surface area contributed by atoms with Gasteiger partial charge in [-0.25, -0.2) is 9.67 Å². The Kier molecular flexibility index (Phi) is 3.82. The third-order valence-electron chi connectivity index (χ3n) is 3.51. The first-order valence-corrected chi connectivity index (χ1v) is 7.33. The van der Waals surface area contributed by atoms with E-state index in [9.17, 15) is 0 Å². The van der Waals surface area contributed by atoms with Crippen LogP contribution in [0.1, 0.15) is 19.2 Å². The van der Waals surface area contributed by atoms with Gasteiger partial charge in [0.25, 0.3) is 0 Å². The van der Waals surface area contributed by atoms with Crippen LogP contribution >= 0.6 is 0 Å². The molecule has 0 bridgehead atoms. The highest BCUT2D eigenvalue weighted by atomic mass is 15.3.